The number of fused-ring (bicyclic) bond motifs is 1. The van der Waals surface area contributed by atoms with Crippen LogP contribution in [0.4, 0.5) is 5.69 Å². The number of aromatic nitrogens is 2. The van der Waals surface area contributed by atoms with Crippen molar-refractivity contribution in [2.45, 2.75) is 16.6 Å². The van der Waals surface area contributed by atoms with Gasteiger partial charge in [0.2, 0.25) is 18.2 Å². The highest BCUT2D eigenvalue weighted by molar-refractivity contribution is 8.01. The molecule has 2 aromatic carbocycles. The Kier molecular flexibility index (Phi) is 3.59. The zero-order chi connectivity index (χ0) is 15.6. The molecule has 0 unspecified atom stereocenters. The van der Waals surface area contributed by atoms with Crippen LogP contribution in [0.1, 0.15) is 5.56 Å². The van der Waals surface area contributed by atoms with Gasteiger partial charge < -0.3 is 9.73 Å². The quantitative estimate of drug-likeness (QED) is 0.800. The number of thioether (sulfide) groups is 1. The second-order valence-corrected chi connectivity index (χ2v) is 6.48. The Balaban J connectivity index is 1.49. The van der Waals surface area contributed by atoms with Crippen LogP contribution in [0, 0.1) is 0 Å². The Bertz CT molecular complexity index is 824. The first-order chi connectivity index (χ1) is 11.3. The molecule has 1 amide bonds. The van der Waals surface area contributed by atoms with Crippen molar-refractivity contribution in [1.82, 2.24) is 10.2 Å². The Morgan fingerprint density at radius 3 is 2.96 bits per heavy atom. The second-order valence-electron chi connectivity index (χ2n) is 5.23. The average molecular weight is 323 g/mol. The average Bonchev–Trinajstić information content (AvgIpc) is 3.24. The molecule has 2 heterocycles. The predicted molar refractivity (Wildman–Crippen MR) is 88.2 cm³/mol. The molecule has 1 atom stereocenters. The molecule has 0 fully saturated rings. The van der Waals surface area contributed by atoms with Crippen molar-refractivity contribution in [1.29, 1.82) is 0 Å². The standard InChI is InChI=1S/C17H13N3O2S/c21-16(15-9-11-4-1-2-7-14(11)23-15)19-13-6-3-5-12(8-13)17-20-18-10-22-17/h1-8,10,15H,9H2,(H,19,21)/t15-/m1/s1. The summed E-state index contributed by atoms with van der Waals surface area (Å²) >= 11 is 1.61. The molecule has 114 valence electrons. The molecule has 23 heavy (non-hydrogen) atoms. The lowest BCUT2D eigenvalue weighted by Gasteiger charge is -2.10. The third-order valence-corrected chi connectivity index (χ3v) is 4.99. The van der Waals surface area contributed by atoms with Gasteiger partial charge in [-0.15, -0.1) is 22.0 Å². The van der Waals surface area contributed by atoms with E-state index < -0.39 is 0 Å². The van der Waals surface area contributed by atoms with Crippen LogP contribution in [0.15, 0.2) is 64.2 Å². The molecule has 0 bridgehead atoms. The van der Waals surface area contributed by atoms with Crippen LogP contribution in [0.5, 0.6) is 0 Å². The van der Waals surface area contributed by atoms with Gasteiger partial charge in [0.1, 0.15) is 0 Å². The highest BCUT2D eigenvalue weighted by Crippen LogP contribution is 2.37. The number of carbonyl (C=O) groups is 1. The van der Waals surface area contributed by atoms with Gasteiger partial charge in [0.15, 0.2) is 0 Å². The van der Waals surface area contributed by atoms with E-state index in [1.165, 1.54) is 16.9 Å². The summed E-state index contributed by atoms with van der Waals surface area (Å²) < 4.78 is 5.18. The molecular formula is C17H13N3O2S. The van der Waals surface area contributed by atoms with Crippen LogP contribution in [0.2, 0.25) is 0 Å². The first-order valence-electron chi connectivity index (χ1n) is 7.21. The predicted octanol–water partition coefficient (Wildman–Crippen LogP) is 3.39. The number of amides is 1. The number of hydrogen-bond donors (Lipinski definition) is 1. The van der Waals surface area contributed by atoms with Crippen LogP contribution in [0.25, 0.3) is 11.5 Å². The van der Waals surface area contributed by atoms with E-state index in [2.05, 4.69) is 27.6 Å². The fourth-order valence-electron chi connectivity index (χ4n) is 2.58. The molecular weight excluding hydrogens is 310 g/mol. The fourth-order valence-corrected chi connectivity index (χ4v) is 3.78. The van der Waals surface area contributed by atoms with Gasteiger partial charge in [0.25, 0.3) is 0 Å². The SMILES string of the molecule is O=C(Nc1cccc(-c2nnco2)c1)[C@H]1Cc2ccccc2S1. The minimum Gasteiger partial charge on any atom is -0.423 e. The number of nitrogens with one attached hydrogen (secondary N) is 1. The highest BCUT2D eigenvalue weighted by atomic mass is 32.2. The number of anilines is 1. The lowest BCUT2D eigenvalue weighted by Crippen LogP contribution is -2.24. The van der Waals surface area contributed by atoms with Crippen molar-refractivity contribution in [2.24, 2.45) is 0 Å². The lowest BCUT2D eigenvalue weighted by atomic mass is 10.1. The van der Waals surface area contributed by atoms with Crippen molar-refractivity contribution in [3.63, 3.8) is 0 Å². The number of hydrogen-bond acceptors (Lipinski definition) is 5. The van der Waals surface area contributed by atoms with Crippen molar-refractivity contribution in [3.8, 4) is 11.5 Å². The molecule has 3 aromatic rings. The molecule has 1 aliphatic heterocycles. The molecule has 1 aromatic heterocycles. The summed E-state index contributed by atoms with van der Waals surface area (Å²) in [6.07, 6.45) is 2.04. The molecule has 0 aliphatic carbocycles. The second kappa shape index (κ2) is 5.89. The van der Waals surface area contributed by atoms with Gasteiger partial charge in [-0.3, -0.25) is 4.79 Å². The minimum absolute atomic E-state index is 0.00822. The summed E-state index contributed by atoms with van der Waals surface area (Å²) in [5.74, 6) is 0.442. The van der Waals surface area contributed by atoms with E-state index in [0.29, 0.717) is 5.89 Å². The Hall–Kier alpha value is -2.60. The van der Waals surface area contributed by atoms with Crippen molar-refractivity contribution in [3.05, 3.63) is 60.5 Å². The molecule has 0 saturated carbocycles. The molecule has 0 saturated heterocycles. The number of carbonyl (C=O) groups excluding carboxylic acids is 1. The van der Waals surface area contributed by atoms with E-state index in [9.17, 15) is 4.79 Å². The van der Waals surface area contributed by atoms with Gasteiger partial charge in [-0.2, -0.15) is 0 Å². The van der Waals surface area contributed by atoms with Crippen LogP contribution in [0.3, 0.4) is 0 Å². The lowest BCUT2D eigenvalue weighted by molar-refractivity contribution is -0.115. The number of nitrogens with zero attached hydrogens (tertiary/aromatic N) is 2. The molecule has 6 heteroatoms. The third kappa shape index (κ3) is 2.85. The van der Waals surface area contributed by atoms with Crippen molar-refractivity contribution in [2.75, 3.05) is 5.32 Å². The summed E-state index contributed by atoms with van der Waals surface area (Å²) in [6, 6.07) is 15.5. The monoisotopic (exact) mass is 323 g/mol. The molecule has 1 aliphatic rings. The van der Waals surface area contributed by atoms with Gasteiger partial charge in [0, 0.05) is 16.1 Å². The Labute approximate surface area is 137 Å². The summed E-state index contributed by atoms with van der Waals surface area (Å²) in [5.41, 5.74) is 2.74. The van der Waals surface area contributed by atoms with E-state index in [-0.39, 0.29) is 11.2 Å². The molecule has 5 nitrogen and oxygen atoms in total. The van der Waals surface area contributed by atoms with Crippen LogP contribution in [-0.2, 0) is 11.2 Å². The van der Waals surface area contributed by atoms with Crippen LogP contribution >= 0.6 is 11.8 Å². The first kappa shape index (κ1) is 14.0. The van der Waals surface area contributed by atoms with Gasteiger partial charge in [-0.25, -0.2) is 0 Å². The van der Waals surface area contributed by atoms with E-state index in [4.69, 9.17) is 4.42 Å². The highest BCUT2D eigenvalue weighted by Gasteiger charge is 2.28. The fraction of sp³-hybridized carbons (Fsp3) is 0.118. The number of rotatable bonds is 3. The summed E-state index contributed by atoms with van der Waals surface area (Å²) in [4.78, 5) is 13.7. The third-order valence-electron chi connectivity index (χ3n) is 3.68. The first-order valence-corrected chi connectivity index (χ1v) is 8.09. The Morgan fingerprint density at radius 2 is 2.13 bits per heavy atom. The van der Waals surface area contributed by atoms with Crippen LogP contribution in [-0.4, -0.2) is 21.4 Å². The van der Waals surface area contributed by atoms with Gasteiger partial charge in [0.05, 0.1) is 5.25 Å². The maximum atomic E-state index is 12.5. The van der Waals surface area contributed by atoms with Crippen molar-refractivity contribution >= 4 is 23.4 Å². The summed E-state index contributed by atoms with van der Waals surface area (Å²) in [7, 11) is 0. The summed E-state index contributed by atoms with van der Waals surface area (Å²) in [5, 5.41) is 10.4. The van der Waals surface area contributed by atoms with Gasteiger partial charge in [-0.05, 0) is 36.2 Å². The topological polar surface area (TPSA) is 68.0 Å². The van der Waals surface area contributed by atoms with Crippen LogP contribution < -0.4 is 5.32 Å². The summed E-state index contributed by atoms with van der Waals surface area (Å²) in [6.45, 7) is 0. The zero-order valence-corrected chi connectivity index (χ0v) is 12.9. The maximum Gasteiger partial charge on any atom is 0.247 e. The largest absolute Gasteiger partial charge is 0.423 e. The number of benzene rings is 2. The normalized spacial score (nSPS) is 16.1. The van der Waals surface area contributed by atoms with E-state index in [1.54, 1.807) is 11.8 Å². The smallest absolute Gasteiger partial charge is 0.247 e. The molecule has 1 N–H and O–H groups in total. The molecule has 0 spiro atoms. The van der Waals surface area contributed by atoms with Crippen molar-refractivity contribution < 1.29 is 9.21 Å². The minimum atomic E-state index is -0.0977. The van der Waals surface area contributed by atoms with E-state index in [1.807, 2.05) is 36.4 Å². The van der Waals surface area contributed by atoms with Gasteiger partial charge in [-0.1, -0.05) is 24.3 Å². The van der Waals surface area contributed by atoms with E-state index in [0.717, 1.165) is 17.7 Å². The van der Waals surface area contributed by atoms with Gasteiger partial charge >= 0.3 is 0 Å². The molecule has 4 rings (SSSR count). The maximum absolute atomic E-state index is 12.5. The zero-order valence-electron chi connectivity index (χ0n) is 12.1. The van der Waals surface area contributed by atoms with E-state index >= 15 is 0 Å². The molecule has 0 radical (unpaired) electrons. The Morgan fingerprint density at radius 1 is 1.22 bits per heavy atom.